The molecule has 1 unspecified atom stereocenters. The van der Waals surface area contributed by atoms with Crippen LogP contribution in [0.25, 0.3) is 11.3 Å². The normalized spacial score (nSPS) is 18.4. The van der Waals surface area contributed by atoms with Crippen LogP contribution >= 0.6 is 0 Å². The Morgan fingerprint density at radius 2 is 1.77 bits per heavy atom. The van der Waals surface area contributed by atoms with Crippen LogP contribution in [0.1, 0.15) is 69.9 Å². The lowest BCUT2D eigenvalue weighted by molar-refractivity contribution is 0.0981. The number of sulfonamides is 1. The molecule has 10 heteroatoms. The van der Waals surface area contributed by atoms with Crippen LogP contribution in [0, 0.1) is 11.8 Å². The summed E-state index contributed by atoms with van der Waals surface area (Å²) in [6.07, 6.45) is 5.77. The molecular formula is C29H38N6O3S. The number of carbonyl (C=O) groups excluding carboxylic acids is 1. The molecule has 3 N–H and O–H groups in total. The number of hydrogen-bond acceptors (Lipinski definition) is 8. The van der Waals surface area contributed by atoms with E-state index < -0.39 is 15.9 Å². The molecule has 0 aliphatic carbocycles. The minimum atomic E-state index is -4.23. The van der Waals surface area contributed by atoms with Crippen molar-refractivity contribution in [3.63, 3.8) is 0 Å². The highest BCUT2D eigenvalue weighted by atomic mass is 32.2. The predicted octanol–water partition coefficient (Wildman–Crippen LogP) is 4.84. The molecule has 0 spiro atoms. The molecule has 9 nitrogen and oxygen atoms in total. The molecule has 4 heterocycles. The maximum absolute atomic E-state index is 13.4. The molecule has 208 valence electrons. The molecule has 3 atom stereocenters. The standard InChI is InChI=1S/C29H38N6O3S/c1-18(2)15-19(3)16-23-12-11-22(17-31-23)25-14-13-24(28(32-25)35-20(4)9-10-21(35)5)29(36)34-39(37,38)27-8-6-7-26(30)33-27/h6-8,11-14,17-21H,9-10,15-16H2,1-5H3,(H2,30,33)(H,34,36)/t19?,20-,21+. The van der Waals surface area contributed by atoms with Gasteiger partial charge in [0.05, 0.1) is 11.3 Å². The number of anilines is 2. The fourth-order valence-electron chi connectivity index (χ4n) is 5.35. The highest BCUT2D eigenvalue weighted by Crippen LogP contribution is 2.33. The van der Waals surface area contributed by atoms with E-state index in [0.717, 1.165) is 36.9 Å². The number of hydrogen-bond donors (Lipinski definition) is 2. The first-order valence-corrected chi connectivity index (χ1v) is 15.0. The van der Waals surface area contributed by atoms with Gasteiger partial charge in [0.25, 0.3) is 15.9 Å². The van der Waals surface area contributed by atoms with E-state index in [1.165, 1.54) is 18.2 Å². The van der Waals surface area contributed by atoms with Gasteiger partial charge >= 0.3 is 0 Å². The van der Waals surface area contributed by atoms with Gasteiger partial charge < -0.3 is 10.6 Å². The molecule has 0 saturated carbocycles. The molecule has 1 aliphatic rings. The highest BCUT2D eigenvalue weighted by molar-refractivity contribution is 7.90. The molecule has 1 saturated heterocycles. The number of nitrogen functional groups attached to an aromatic ring is 1. The molecule has 3 aromatic heterocycles. The smallest absolute Gasteiger partial charge is 0.281 e. The van der Waals surface area contributed by atoms with Crippen molar-refractivity contribution in [2.24, 2.45) is 11.8 Å². The van der Waals surface area contributed by atoms with Crippen molar-refractivity contribution >= 4 is 27.6 Å². The van der Waals surface area contributed by atoms with Crippen molar-refractivity contribution in [1.29, 1.82) is 0 Å². The van der Waals surface area contributed by atoms with Crippen LogP contribution in [0.2, 0.25) is 0 Å². The Morgan fingerprint density at radius 1 is 1.05 bits per heavy atom. The first-order valence-electron chi connectivity index (χ1n) is 13.5. The Hall–Kier alpha value is -3.53. The third-order valence-corrected chi connectivity index (χ3v) is 8.35. The average Bonchev–Trinajstić information content (AvgIpc) is 3.21. The van der Waals surface area contributed by atoms with Crippen LogP contribution in [-0.4, -0.2) is 41.4 Å². The van der Waals surface area contributed by atoms with Gasteiger partial charge in [0.2, 0.25) is 0 Å². The van der Waals surface area contributed by atoms with Gasteiger partial charge in [-0.25, -0.2) is 14.7 Å². The molecule has 1 fully saturated rings. The monoisotopic (exact) mass is 550 g/mol. The third kappa shape index (κ3) is 6.73. The molecule has 39 heavy (non-hydrogen) atoms. The summed E-state index contributed by atoms with van der Waals surface area (Å²) in [5.74, 6) is 0.915. The Balaban J connectivity index is 1.65. The van der Waals surface area contributed by atoms with E-state index in [1.807, 2.05) is 18.3 Å². The number of aromatic nitrogens is 3. The summed E-state index contributed by atoms with van der Waals surface area (Å²) in [5.41, 5.74) is 8.36. The second-order valence-electron chi connectivity index (χ2n) is 11.1. The first-order chi connectivity index (χ1) is 18.4. The van der Waals surface area contributed by atoms with Gasteiger partial charge in [-0.05, 0) is 87.8 Å². The van der Waals surface area contributed by atoms with Crippen LogP contribution in [-0.2, 0) is 16.4 Å². The van der Waals surface area contributed by atoms with Crippen molar-refractivity contribution < 1.29 is 13.2 Å². The largest absolute Gasteiger partial charge is 0.384 e. The second kappa shape index (κ2) is 11.7. The van der Waals surface area contributed by atoms with E-state index in [0.29, 0.717) is 23.3 Å². The average molecular weight is 551 g/mol. The number of amides is 1. The summed E-state index contributed by atoms with van der Waals surface area (Å²) >= 11 is 0. The minimum Gasteiger partial charge on any atom is -0.384 e. The molecule has 1 aliphatic heterocycles. The van der Waals surface area contributed by atoms with E-state index in [1.54, 1.807) is 12.1 Å². The van der Waals surface area contributed by atoms with Crippen molar-refractivity contribution in [3.05, 3.63) is 59.9 Å². The Labute approximate surface area is 231 Å². The Morgan fingerprint density at radius 3 is 2.38 bits per heavy atom. The zero-order valence-corrected chi connectivity index (χ0v) is 24.1. The van der Waals surface area contributed by atoms with Gasteiger partial charge in [-0.1, -0.05) is 26.8 Å². The lowest BCUT2D eigenvalue weighted by Crippen LogP contribution is -2.37. The third-order valence-electron chi connectivity index (χ3n) is 7.12. The number of nitrogens with one attached hydrogen (secondary N) is 1. The van der Waals surface area contributed by atoms with Gasteiger partial charge in [-0.2, -0.15) is 8.42 Å². The molecule has 0 radical (unpaired) electrons. The number of nitrogens with two attached hydrogens (primary N) is 1. The maximum atomic E-state index is 13.4. The summed E-state index contributed by atoms with van der Waals surface area (Å²) in [7, 11) is -4.23. The number of rotatable bonds is 9. The number of carbonyl (C=O) groups is 1. The van der Waals surface area contributed by atoms with Crippen molar-refractivity contribution in [2.75, 3.05) is 10.6 Å². The zero-order chi connectivity index (χ0) is 28.3. The van der Waals surface area contributed by atoms with Gasteiger partial charge in [0.15, 0.2) is 5.03 Å². The van der Waals surface area contributed by atoms with Gasteiger partial charge in [-0.15, -0.1) is 0 Å². The van der Waals surface area contributed by atoms with Crippen molar-refractivity contribution in [2.45, 2.75) is 77.4 Å². The summed E-state index contributed by atoms with van der Waals surface area (Å²) < 4.78 is 27.9. The zero-order valence-electron chi connectivity index (χ0n) is 23.3. The van der Waals surface area contributed by atoms with Gasteiger partial charge in [0.1, 0.15) is 11.6 Å². The lowest BCUT2D eigenvalue weighted by Gasteiger charge is -2.29. The van der Waals surface area contributed by atoms with Crippen LogP contribution in [0.4, 0.5) is 11.6 Å². The van der Waals surface area contributed by atoms with Gasteiger partial charge in [0, 0.05) is 29.5 Å². The number of nitrogens with zero attached hydrogens (tertiary/aromatic N) is 4. The summed E-state index contributed by atoms with van der Waals surface area (Å²) in [5, 5.41) is -0.321. The van der Waals surface area contributed by atoms with Crippen LogP contribution in [0.5, 0.6) is 0 Å². The molecular weight excluding hydrogens is 512 g/mol. The van der Waals surface area contributed by atoms with Gasteiger partial charge in [-0.3, -0.25) is 9.78 Å². The summed E-state index contributed by atoms with van der Waals surface area (Å²) in [6.45, 7) is 10.9. The van der Waals surface area contributed by atoms with Crippen LogP contribution < -0.4 is 15.4 Å². The van der Waals surface area contributed by atoms with E-state index in [-0.39, 0.29) is 28.5 Å². The Bertz CT molecular complexity index is 1420. The Kier molecular flexibility index (Phi) is 8.54. The van der Waals surface area contributed by atoms with Crippen LogP contribution in [0.15, 0.2) is 53.7 Å². The first kappa shape index (κ1) is 28.5. The van der Waals surface area contributed by atoms with E-state index in [2.05, 4.69) is 54.2 Å². The lowest BCUT2D eigenvalue weighted by atomic mass is 9.94. The summed E-state index contributed by atoms with van der Waals surface area (Å²) in [4.78, 5) is 28.9. The SMILES string of the molecule is CC(C)CC(C)Cc1ccc(-c2ccc(C(=O)NS(=O)(=O)c3cccc(N)n3)c(N3[C@H](C)CC[C@@H]3C)n2)cn1. The number of pyridine rings is 3. The van der Waals surface area contributed by atoms with E-state index in [9.17, 15) is 13.2 Å². The van der Waals surface area contributed by atoms with E-state index in [4.69, 9.17) is 10.7 Å². The predicted molar refractivity (Wildman–Crippen MR) is 154 cm³/mol. The van der Waals surface area contributed by atoms with E-state index >= 15 is 0 Å². The second-order valence-corrected chi connectivity index (χ2v) is 12.7. The quantitative estimate of drug-likeness (QED) is 0.387. The fraction of sp³-hybridized carbons (Fsp3) is 0.448. The highest BCUT2D eigenvalue weighted by Gasteiger charge is 2.33. The van der Waals surface area contributed by atoms with Crippen LogP contribution in [0.3, 0.4) is 0 Å². The molecule has 4 rings (SSSR count). The maximum Gasteiger partial charge on any atom is 0.281 e. The molecule has 1 amide bonds. The topological polar surface area (TPSA) is 131 Å². The summed E-state index contributed by atoms with van der Waals surface area (Å²) in [6, 6.07) is 11.9. The fourth-order valence-corrected chi connectivity index (χ4v) is 6.29. The minimum absolute atomic E-state index is 0.0470. The molecule has 0 bridgehead atoms. The molecule has 3 aromatic rings. The molecule has 0 aromatic carbocycles. The van der Waals surface area contributed by atoms with Crippen molar-refractivity contribution in [1.82, 2.24) is 19.7 Å². The van der Waals surface area contributed by atoms with Crippen molar-refractivity contribution in [3.8, 4) is 11.3 Å².